The number of hydrogen-bond donors (Lipinski definition) is 1. The number of benzene rings is 1. The van der Waals surface area contributed by atoms with E-state index in [0.29, 0.717) is 11.8 Å². The SMILES string of the molecule is O=C(Cn1nc(C2CC2)cc1C(F)F)Nc1ccc(F)cc1OC(F)F. The third-order valence-corrected chi connectivity index (χ3v) is 3.78. The van der Waals surface area contributed by atoms with Gasteiger partial charge in [-0.15, -0.1) is 0 Å². The van der Waals surface area contributed by atoms with E-state index >= 15 is 0 Å². The van der Waals surface area contributed by atoms with Crippen molar-refractivity contribution in [2.45, 2.75) is 38.3 Å². The van der Waals surface area contributed by atoms with Gasteiger partial charge in [-0.2, -0.15) is 13.9 Å². The average molecular weight is 375 g/mol. The summed E-state index contributed by atoms with van der Waals surface area (Å²) in [4.78, 5) is 12.1. The summed E-state index contributed by atoms with van der Waals surface area (Å²) >= 11 is 0. The Morgan fingerprint density at radius 1 is 1.27 bits per heavy atom. The summed E-state index contributed by atoms with van der Waals surface area (Å²) in [5.74, 6) is -2.07. The molecule has 5 nitrogen and oxygen atoms in total. The molecule has 0 saturated heterocycles. The van der Waals surface area contributed by atoms with Crippen LogP contribution >= 0.6 is 0 Å². The number of hydrogen-bond acceptors (Lipinski definition) is 3. The highest BCUT2D eigenvalue weighted by Crippen LogP contribution is 2.40. The maximum atomic E-state index is 13.2. The van der Waals surface area contributed by atoms with E-state index in [4.69, 9.17) is 0 Å². The molecule has 2 aromatic rings. The summed E-state index contributed by atoms with van der Waals surface area (Å²) in [5, 5.41) is 6.27. The van der Waals surface area contributed by atoms with Gasteiger partial charge in [0.1, 0.15) is 18.1 Å². The Balaban J connectivity index is 1.75. The molecule has 0 radical (unpaired) electrons. The van der Waals surface area contributed by atoms with Gasteiger partial charge < -0.3 is 10.1 Å². The van der Waals surface area contributed by atoms with Crippen LogP contribution in [0.5, 0.6) is 5.75 Å². The fourth-order valence-electron chi connectivity index (χ4n) is 2.45. The number of amides is 1. The molecule has 1 N–H and O–H groups in total. The minimum Gasteiger partial charge on any atom is -0.432 e. The van der Waals surface area contributed by atoms with Crippen LogP contribution in [-0.2, 0) is 11.3 Å². The fourth-order valence-corrected chi connectivity index (χ4v) is 2.45. The zero-order valence-corrected chi connectivity index (χ0v) is 13.3. The number of carbonyl (C=O) groups is 1. The highest BCUT2D eigenvalue weighted by atomic mass is 19.3. The molecule has 0 unspecified atom stereocenters. The van der Waals surface area contributed by atoms with E-state index in [-0.39, 0.29) is 11.6 Å². The topological polar surface area (TPSA) is 56.2 Å². The molecule has 3 rings (SSSR count). The molecule has 140 valence electrons. The molecule has 1 fully saturated rings. The highest BCUT2D eigenvalue weighted by molar-refractivity contribution is 5.92. The van der Waals surface area contributed by atoms with E-state index in [1.54, 1.807) is 0 Å². The van der Waals surface area contributed by atoms with Crippen LogP contribution in [0.3, 0.4) is 0 Å². The van der Waals surface area contributed by atoms with E-state index in [2.05, 4.69) is 15.2 Å². The Labute approximate surface area is 144 Å². The Hall–Kier alpha value is -2.65. The summed E-state index contributed by atoms with van der Waals surface area (Å²) in [7, 11) is 0. The van der Waals surface area contributed by atoms with Crippen molar-refractivity contribution >= 4 is 11.6 Å². The van der Waals surface area contributed by atoms with E-state index < -0.39 is 42.7 Å². The lowest BCUT2D eigenvalue weighted by atomic mass is 10.2. The molecule has 0 bridgehead atoms. The highest BCUT2D eigenvalue weighted by Gasteiger charge is 2.29. The largest absolute Gasteiger partial charge is 0.432 e. The first kappa shape index (κ1) is 18.2. The summed E-state index contributed by atoms with van der Waals surface area (Å²) < 4.78 is 69.2. The summed E-state index contributed by atoms with van der Waals surface area (Å²) in [6.45, 7) is -3.76. The van der Waals surface area contributed by atoms with Crippen LogP contribution in [0.25, 0.3) is 0 Å². The number of halogens is 5. The Kier molecular flexibility index (Phi) is 5.10. The number of nitrogens with one attached hydrogen (secondary N) is 1. The minimum atomic E-state index is -3.22. The molecule has 10 heteroatoms. The molecule has 0 atom stereocenters. The fraction of sp³-hybridized carbons (Fsp3) is 0.375. The van der Waals surface area contributed by atoms with Crippen LogP contribution in [0.1, 0.15) is 36.6 Å². The standard InChI is InChI=1S/C16H14F5N3O2/c17-9-3-4-10(13(5-9)26-16(20)21)22-14(25)7-24-12(15(18)19)6-11(23-24)8-1-2-8/h3-6,8,15-16H,1-2,7H2,(H,22,25). The first-order valence-corrected chi connectivity index (χ1v) is 7.73. The van der Waals surface area contributed by atoms with Crippen molar-refractivity contribution in [3.8, 4) is 5.75 Å². The Bertz CT molecular complexity index is 805. The molecule has 1 amide bonds. The zero-order chi connectivity index (χ0) is 18.8. The second kappa shape index (κ2) is 7.30. The van der Waals surface area contributed by atoms with E-state index in [9.17, 15) is 26.7 Å². The van der Waals surface area contributed by atoms with Crippen molar-refractivity contribution in [1.29, 1.82) is 0 Å². The number of anilines is 1. The van der Waals surface area contributed by atoms with Gasteiger partial charge in [0.2, 0.25) is 5.91 Å². The van der Waals surface area contributed by atoms with Crippen molar-refractivity contribution in [2.24, 2.45) is 0 Å². The molecule has 1 saturated carbocycles. The molecule has 1 aliphatic rings. The van der Waals surface area contributed by atoms with Gasteiger partial charge in [-0.25, -0.2) is 13.2 Å². The molecule has 1 aliphatic carbocycles. The van der Waals surface area contributed by atoms with Gasteiger partial charge >= 0.3 is 6.61 Å². The van der Waals surface area contributed by atoms with Crippen LogP contribution in [0.2, 0.25) is 0 Å². The Morgan fingerprint density at radius 2 is 2.00 bits per heavy atom. The number of ether oxygens (including phenoxy) is 1. The van der Waals surface area contributed by atoms with Gasteiger partial charge in [-0.05, 0) is 31.0 Å². The molecule has 1 aromatic heterocycles. The van der Waals surface area contributed by atoms with Crippen molar-refractivity contribution < 1.29 is 31.5 Å². The van der Waals surface area contributed by atoms with Crippen molar-refractivity contribution in [2.75, 3.05) is 5.32 Å². The third-order valence-electron chi connectivity index (χ3n) is 3.78. The summed E-state index contributed by atoms with van der Waals surface area (Å²) in [5.41, 5.74) is -0.105. The third kappa shape index (κ3) is 4.30. The summed E-state index contributed by atoms with van der Waals surface area (Å²) in [6.07, 6.45) is -1.10. The normalized spacial score (nSPS) is 14.1. The number of nitrogens with zero attached hydrogens (tertiary/aromatic N) is 2. The lowest BCUT2D eigenvalue weighted by Gasteiger charge is -2.12. The van der Waals surface area contributed by atoms with E-state index in [1.807, 2.05) is 0 Å². The number of carbonyl (C=O) groups excluding carboxylic acids is 1. The average Bonchev–Trinajstić information content (AvgIpc) is 3.30. The van der Waals surface area contributed by atoms with Crippen molar-refractivity contribution in [3.05, 3.63) is 41.5 Å². The predicted octanol–water partition coefficient (Wildman–Crippen LogP) is 4.08. The lowest BCUT2D eigenvalue weighted by Crippen LogP contribution is -2.21. The lowest BCUT2D eigenvalue weighted by molar-refractivity contribution is -0.117. The van der Waals surface area contributed by atoms with E-state index in [0.717, 1.165) is 29.7 Å². The summed E-state index contributed by atoms with van der Waals surface area (Å²) in [6, 6.07) is 3.93. The first-order chi connectivity index (χ1) is 12.3. The minimum absolute atomic E-state index is 0.125. The van der Waals surface area contributed by atoms with Gasteiger partial charge in [0.25, 0.3) is 6.43 Å². The second-order valence-electron chi connectivity index (χ2n) is 5.79. The first-order valence-electron chi connectivity index (χ1n) is 7.73. The second-order valence-corrected chi connectivity index (χ2v) is 5.79. The molecule has 0 spiro atoms. The van der Waals surface area contributed by atoms with Crippen molar-refractivity contribution in [3.63, 3.8) is 0 Å². The number of aromatic nitrogens is 2. The molecule has 1 aromatic carbocycles. The van der Waals surface area contributed by atoms with Crippen LogP contribution in [-0.4, -0.2) is 22.3 Å². The van der Waals surface area contributed by atoms with Gasteiger partial charge in [-0.3, -0.25) is 9.48 Å². The smallest absolute Gasteiger partial charge is 0.387 e. The van der Waals surface area contributed by atoms with Gasteiger partial charge in [0.15, 0.2) is 5.75 Å². The Morgan fingerprint density at radius 3 is 2.62 bits per heavy atom. The number of alkyl halides is 4. The van der Waals surface area contributed by atoms with Gasteiger partial charge in [0, 0.05) is 12.0 Å². The maximum Gasteiger partial charge on any atom is 0.387 e. The molecular weight excluding hydrogens is 361 g/mol. The van der Waals surface area contributed by atoms with Crippen LogP contribution in [0.4, 0.5) is 27.6 Å². The quantitative estimate of drug-likeness (QED) is 0.742. The number of rotatable bonds is 7. The van der Waals surface area contributed by atoms with Gasteiger partial charge in [0.05, 0.1) is 11.4 Å². The van der Waals surface area contributed by atoms with Crippen LogP contribution in [0, 0.1) is 5.82 Å². The van der Waals surface area contributed by atoms with Crippen LogP contribution < -0.4 is 10.1 Å². The van der Waals surface area contributed by atoms with E-state index in [1.165, 1.54) is 6.07 Å². The predicted molar refractivity (Wildman–Crippen MR) is 80.8 cm³/mol. The molecule has 1 heterocycles. The molecule has 26 heavy (non-hydrogen) atoms. The molecular formula is C16H14F5N3O2. The molecule has 0 aliphatic heterocycles. The monoisotopic (exact) mass is 375 g/mol. The van der Waals surface area contributed by atoms with Crippen LogP contribution in [0.15, 0.2) is 24.3 Å². The van der Waals surface area contributed by atoms with Gasteiger partial charge in [-0.1, -0.05) is 0 Å². The maximum absolute atomic E-state index is 13.2. The zero-order valence-electron chi connectivity index (χ0n) is 13.3. The van der Waals surface area contributed by atoms with Crippen molar-refractivity contribution in [1.82, 2.24) is 9.78 Å².